The van der Waals surface area contributed by atoms with E-state index in [1.54, 1.807) is 18.6 Å². The van der Waals surface area contributed by atoms with Crippen molar-refractivity contribution in [1.82, 2.24) is 19.6 Å². The van der Waals surface area contributed by atoms with Crippen molar-refractivity contribution in [3.05, 3.63) is 83.7 Å². The van der Waals surface area contributed by atoms with E-state index in [9.17, 15) is 4.79 Å². The SMILES string of the molecule is COc1ccc2c(c1)cc(OCCN(C)C)n2C(=O)c1ccc(-c2ccc(-c3noc(C)n3)cc2C)cc1. The van der Waals surface area contributed by atoms with Crippen molar-refractivity contribution in [3.63, 3.8) is 0 Å². The largest absolute Gasteiger partial charge is 0.497 e. The highest BCUT2D eigenvalue weighted by Crippen LogP contribution is 2.31. The average molecular weight is 511 g/mol. The zero-order valence-corrected chi connectivity index (χ0v) is 22.2. The van der Waals surface area contributed by atoms with Crippen LogP contribution < -0.4 is 9.47 Å². The van der Waals surface area contributed by atoms with Crippen molar-refractivity contribution in [2.24, 2.45) is 0 Å². The minimum Gasteiger partial charge on any atom is -0.497 e. The van der Waals surface area contributed by atoms with Crippen molar-refractivity contribution in [2.45, 2.75) is 13.8 Å². The number of rotatable bonds is 8. The van der Waals surface area contributed by atoms with Crippen LogP contribution in [-0.4, -0.2) is 59.9 Å². The minimum absolute atomic E-state index is 0.156. The molecule has 0 saturated carbocycles. The molecule has 0 bridgehead atoms. The van der Waals surface area contributed by atoms with Gasteiger partial charge >= 0.3 is 0 Å². The number of benzene rings is 3. The molecule has 0 aliphatic rings. The molecule has 0 radical (unpaired) electrons. The molecule has 0 aliphatic heterocycles. The van der Waals surface area contributed by atoms with Gasteiger partial charge in [0, 0.05) is 36.0 Å². The number of fused-ring (bicyclic) bond motifs is 1. The van der Waals surface area contributed by atoms with Crippen LogP contribution >= 0.6 is 0 Å². The summed E-state index contributed by atoms with van der Waals surface area (Å²) in [5.41, 5.74) is 5.39. The van der Waals surface area contributed by atoms with Crippen LogP contribution in [0.4, 0.5) is 0 Å². The molecule has 3 aromatic carbocycles. The van der Waals surface area contributed by atoms with Gasteiger partial charge in [0.2, 0.25) is 17.6 Å². The molecule has 8 nitrogen and oxygen atoms in total. The first-order valence-electron chi connectivity index (χ1n) is 12.4. The molecular formula is C30H30N4O4. The number of carbonyl (C=O) groups excluding carboxylic acids is 1. The predicted octanol–water partition coefficient (Wildman–Crippen LogP) is 5.61. The Bertz CT molecular complexity index is 1600. The summed E-state index contributed by atoms with van der Waals surface area (Å²) in [4.78, 5) is 20.1. The number of aromatic nitrogens is 3. The Hall–Kier alpha value is -4.43. The van der Waals surface area contributed by atoms with E-state index in [1.807, 2.05) is 92.6 Å². The number of methoxy groups -OCH3 is 1. The third-order valence-electron chi connectivity index (χ3n) is 6.42. The highest BCUT2D eigenvalue weighted by atomic mass is 16.5. The zero-order valence-electron chi connectivity index (χ0n) is 22.2. The Morgan fingerprint density at radius 1 is 0.974 bits per heavy atom. The van der Waals surface area contributed by atoms with Crippen LogP contribution in [0.15, 0.2) is 71.3 Å². The summed E-state index contributed by atoms with van der Waals surface area (Å²) in [6.07, 6.45) is 0. The molecule has 8 heteroatoms. The lowest BCUT2D eigenvalue weighted by Crippen LogP contribution is -2.21. The zero-order chi connectivity index (χ0) is 26.8. The van der Waals surface area contributed by atoms with Gasteiger partial charge in [-0.2, -0.15) is 4.98 Å². The first-order valence-corrected chi connectivity index (χ1v) is 12.4. The number of ether oxygens (including phenoxy) is 2. The highest BCUT2D eigenvalue weighted by molar-refractivity contribution is 6.04. The van der Waals surface area contributed by atoms with Crippen LogP contribution in [0, 0.1) is 13.8 Å². The molecule has 194 valence electrons. The topological polar surface area (TPSA) is 82.6 Å². The van der Waals surface area contributed by atoms with Gasteiger partial charge in [-0.25, -0.2) is 4.57 Å². The normalized spacial score (nSPS) is 11.3. The van der Waals surface area contributed by atoms with Crippen molar-refractivity contribution in [1.29, 1.82) is 0 Å². The summed E-state index contributed by atoms with van der Waals surface area (Å²) in [7, 11) is 5.59. The third kappa shape index (κ3) is 5.03. The smallest absolute Gasteiger partial charge is 0.265 e. The van der Waals surface area contributed by atoms with E-state index in [4.69, 9.17) is 14.0 Å². The Morgan fingerprint density at radius 2 is 1.74 bits per heavy atom. The summed E-state index contributed by atoms with van der Waals surface area (Å²) in [5.74, 6) is 2.17. The molecule has 5 rings (SSSR count). The summed E-state index contributed by atoms with van der Waals surface area (Å²) >= 11 is 0. The predicted molar refractivity (Wildman–Crippen MR) is 147 cm³/mol. The number of nitrogens with zero attached hydrogens (tertiary/aromatic N) is 4. The van der Waals surface area contributed by atoms with Gasteiger partial charge in [0.15, 0.2) is 0 Å². The monoisotopic (exact) mass is 510 g/mol. The molecule has 0 unspecified atom stereocenters. The van der Waals surface area contributed by atoms with Crippen molar-refractivity contribution in [3.8, 4) is 34.1 Å². The van der Waals surface area contributed by atoms with Gasteiger partial charge in [-0.1, -0.05) is 29.4 Å². The highest BCUT2D eigenvalue weighted by Gasteiger charge is 2.19. The van der Waals surface area contributed by atoms with Crippen LogP contribution in [0.1, 0.15) is 21.8 Å². The summed E-state index contributed by atoms with van der Waals surface area (Å²) in [6, 6.07) is 21.2. The maximum Gasteiger partial charge on any atom is 0.265 e. The van der Waals surface area contributed by atoms with E-state index >= 15 is 0 Å². The van der Waals surface area contributed by atoms with Gasteiger partial charge in [-0.3, -0.25) is 4.79 Å². The maximum absolute atomic E-state index is 13.7. The summed E-state index contributed by atoms with van der Waals surface area (Å²) in [5, 5.41) is 4.88. The fourth-order valence-corrected chi connectivity index (χ4v) is 4.41. The molecule has 5 aromatic rings. The second kappa shape index (κ2) is 10.5. The van der Waals surface area contributed by atoms with Crippen LogP contribution in [0.5, 0.6) is 11.6 Å². The molecule has 0 saturated heterocycles. The van der Waals surface area contributed by atoms with E-state index in [1.165, 1.54) is 0 Å². The molecule has 0 atom stereocenters. The van der Waals surface area contributed by atoms with Crippen molar-refractivity contribution in [2.75, 3.05) is 34.4 Å². The molecule has 0 amide bonds. The first-order chi connectivity index (χ1) is 18.3. The third-order valence-corrected chi connectivity index (χ3v) is 6.42. The van der Waals surface area contributed by atoms with Crippen LogP contribution in [0.25, 0.3) is 33.4 Å². The molecule has 0 aliphatic carbocycles. The van der Waals surface area contributed by atoms with E-state index in [0.717, 1.165) is 45.5 Å². The average Bonchev–Trinajstić information content (AvgIpc) is 3.51. The summed E-state index contributed by atoms with van der Waals surface area (Å²) < 4.78 is 18.2. The minimum atomic E-state index is -0.156. The van der Waals surface area contributed by atoms with Gasteiger partial charge in [0.1, 0.15) is 12.4 Å². The van der Waals surface area contributed by atoms with Gasteiger partial charge in [-0.05, 0) is 74.1 Å². The molecule has 0 N–H and O–H groups in total. The summed E-state index contributed by atoms with van der Waals surface area (Å²) in [6.45, 7) is 5.01. The van der Waals surface area contributed by atoms with Crippen molar-refractivity contribution >= 4 is 16.8 Å². The molecule has 0 spiro atoms. The van der Waals surface area contributed by atoms with Crippen LogP contribution in [0.3, 0.4) is 0 Å². The fraction of sp³-hybridized carbons (Fsp3) is 0.233. The molecule has 2 aromatic heterocycles. The van der Waals surface area contributed by atoms with Gasteiger partial charge in [0.05, 0.1) is 12.6 Å². The lowest BCUT2D eigenvalue weighted by molar-refractivity contribution is 0.0951. The Balaban J connectivity index is 1.45. The van der Waals surface area contributed by atoms with Crippen LogP contribution in [0.2, 0.25) is 0 Å². The Labute approximate surface area is 221 Å². The Kier molecular flexibility index (Phi) is 6.98. The first kappa shape index (κ1) is 25.2. The number of aryl methyl sites for hydroxylation is 2. The van der Waals surface area contributed by atoms with E-state index in [2.05, 4.69) is 10.1 Å². The lowest BCUT2D eigenvalue weighted by atomic mass is 9.97. The number of likely N-dealkylation sites (N-methyl/N-ethyl adjacent to an activating group) is 1. The second-order valence-electron chi connectivity index (χ2n) is 9.44. The van der Waals surface area contributed by atoms with Gasteiger partial charge in [-0.15, -0.1) is 0 Å². The number of carbonyl (C=O) groups is 1. The quantitative estimate of drug-likeness (QED) is 0.268. The maximum atomic E-state index is 13.7. The Morgan fingerprint density at radius 3 is 2.39 bits per heavy atom. The van der Waals surface area contributed by atoms with Gasteiger partial charge < -0.3 is 18.9 Å². The molecule has 0 fully saturated rings. The van der Waals surface area contributed by atoms with Crippen molar-refractivity contribution < 1.29 is 18.8 Å². The van der Waals surface area contributed by atoms with E-state index < -0.39 is 0 Å². The van der Waals surface area contributed by atoms with Crippen LogP contribution in [-0.2, 0) is 0 Å². The molecule has 2 heterocycles. The molecule has 38 heavy (non-hydrogen) atoms. The number of hydrogen-bond acceptors (Lipinski definition) is 7. The van der Waals surface area contributed by atoms with E-state index in [0.29, 0.717) is 29.8 Å². The lowest BCUT2D eigenvalue weighted by Gasteiger charge is -2.14. The second-order valence-corrected chi connectivity index (χ2v) is 9.44. The van der Waals surface area contributed by atoms with E-state index in [-0.39, 0.29) is 5.91 Å². The fourth-order valence-electron chi connectivity index (χ4n) is 4.41. The number of hydrogen-bond donors (Lipinski definition) is 0. The standard InChI is InChI=1S/C30H30N4O4/c1-19-16-23(29-31-20(2)38-32-29)10-12-26(19)21-6-8-22(9-7-21)30(35)34-27-13-11-25(36-5)17-24(27)18-28(34)37-15-14-33(3)4/h6-13,16-18H,14-15H2,1-5H3. The molecular weight excluding hydrogens is 480 g/mol. The van der Waals surface area contributed by atoms with Gasteiger partial charge in [0.25, 0.3) is 5.91 Å².